The fraction of sp³-hybridized carbons (Fsp3) is 1.00. The van der Waals surface area contributed by atoms with Crippen molar-refractivity contribution < 1.29 is 0 Å². The number of hydrogen-bond acceptors (Lipinski definition) is 1. The number of hydrogen-bond donors (Lipinski definition) is 1. The van der Waals surface area contributed by atoms with E-state index in [1.54, 1.807) is 0 Å². The van der Waals surface area contributed by atoms with Gasteiger partial charge < -0.3 is 5.73 Å². The third kappa shape index (κ3) is 2.73. The van der Waals surface area contributed by atoms with Gasteiger partial charge in [-0.1, -0.05) is 40.5 Å². The zero-order valence-corrected chi connectivity index (χ0v) is 10.3. The maximum absolute atomic E-state index is 6.40. The van der Waals surface area contributed by atoms with Gasteiger partial charge in [0.15, 0.2) is 0 Å². The van der Waals surface area contributed by atoms with Crippen LogP contribution in [0.5, 0.6) is 0 Å². The van der Waals surface area contributed by atoms with Crippen LogP contribution in [-0.4, -0.2) is 6.04 Å². The van der Waals surface area contributed by atoms with Crippen LogP contribution < -0.4 is 5.73 Å². The van der Waals surface area contributed by atoms with Crippen LogP contribution in [-0.2, 0) is 0 Å². The molecule has 1 heteroatoms. The van der Waals surface area contributed by atoms with E-state index in [9.17, 15) is 0 Å². The van der Waals surface area contributed by atoms with Crippen molar-refractivity contribution in [3.63, 3.8) is 0 Å². The Balaban J connectivity index is 2.55. The minimum absolute atomic E-state index is 0.321. The summed E-state index contributed by atoms with van der Waals surface area (Å²) in [5, 5.41) is 0. The Bertz CT molecular complexity index is 174. The Hall–Kier alpha value is -0.0400. The monoisotopic (exact) mass is 197 g/mol. The Morgan fingerprint density at radius 2 is 2.00 bits per heavy atom. The third-order valence-corrected chi connectivity index (χ3v) is 4.30. The van der Waals surface area contributed by atoms with E-state index in [1.807, 2.05) is 0 Å². The van der Waals surface area contributed by atoms with Crippen LogP contribution in [0.4, 0.5) is 0 Å². The van der Waals surface area contributed by atoms with Crippen molar-refractivity contribution in [2.45, 2.75) is 65.8 Å². The van der Waals surface area contributed by atoms with Crippen molar-refractivity contribution >= 4 is 0 Å². The molecule has 1 nitrogen and oxygen atoms in total. The molecule has 14 heavy (non-hydrogen) atoms. The topological polar surface area (TPSA) is 26.0 Å². The van der Waals surface area contributed by atoms with E-state index in [2.05, 4.69) is 27.7 Å². The second-order valence-electron chi connectivity index (χ2n) is 5.90. The predicted octanol–water partition coefficient (Wildman–Crippen LogP) is 3.58. The maximum atomic E-state index is 6.40. The van der Waals surface area contributed by atoms with Gasteiger partial charge in [0.2, 0.25) is 0 Å². The van der Waals surface area contributed by atoms with E-state index >= 15 is 0 Å². The highest BCUT2D eigenvalue weighted by atomic mass is 14.7. The third-order valence-electron chi connectivity index (χ3n) is 4.30. The summed E-state index contributed by atoms with van der Waals surface area (Å²) in [5.41, 5.74) is 6.72. The molecule has 0 aromatic rings. The molecule has 3 atom stereocenters. The standard InChI is InChI=1S/C13H27N/c1-5-13(3,4)12(14)11-8-6-7-10(2)9-11/h10-12H,5-9,14H2,1-4H3. The molecule has 1 saturated carbocycles. The Labute approximate surface area is 89.5 Å². The zero-order chi connectivity index (χ0) is 10.8. The first kappa shape index (κ1) is 12.0. The van der Waals surface area contributed by atoms with Crippen molar-refractivity contribution in [3.8, 4) is 0 Å². The molecular formula is C13H27N. The highest BCUT2D eigenvalue weighted by Crippen LogP contribution is 2.37. The molecule has 0 heterocycles. The normalized spacial score (nSPS) is 31.5. The van der Waals surface area contributed by atoms with Crippen molar-refractivity contribution in [1.29, 1.82) is 0 Å². The molecular weight excluding hydrogens is 170 g/mol. The summed E-state index contributed by atoms with van der Waals surface area (Å²) < 4.78 is 0. The van der Waals surface area contributed by atoms with Gasteiger partial charge in [-0.05, 0) is 36.5 Å². The van der Waals surface area contributed by atoms with Crippen LogP contribution in [0.1, 0.15) is 59.8 Å². The molecule has 3 unspecified atom stereocenters. The average molecular weight is 197 g/mol. The van der Waals surface area contributed by atoms with Crippen molar-refractivity contribution in [1.82, 2.24) is 0 Å². The van der Waals surface area contributed by atoms with Gasteiger partial charge >= 0.3 is 0 Å². The van der Waals surface area contributed by atoms with Crippen molar-refractivity contribution in [3.05, 3.63) is 0 Å². The molecule has 1 aliphatic carbocycles. The van der Waals surface area contributed by atoms with Crippen LogP contribution >= 0.6 is 0 Å². The van der Waals surface area contributed by atoms with E-state index in [0.717, 1.165) is 11.8 Å². The van der Waals surface area contributed by atoms with Gasteiger partial charge in [0.25, 0.3) is 0 Å². The Morgan fingerprint density at radius 1 is 1.36 bits per heavy atom. The summed E-state index contributed by atoms with van der Waals surface area (Å²) in [6, 6.07) is 0.398. The van der Waals surface area contributed by atoms with Gasteiger partial charge in [-0.25, -0.2) is 0 Å². The first-order valence-corrected chi connectivity index (χ1v) is 6.23. The van der Waals surface area contributed by atoms with E-state index in [4.69, 9.17) is 5.73 Å². The summed E-state index contributed by atoms with van der Waals surface area (Å²) in [7, 11) is 0. The summed E-state index contributed by atoms with van der Waals surface area (Å²) in [5.74, 6) is 1.67. The fourth-order valence-corrected chi connectivity index (χ4v) is 2.68. The van der Waals surface area contributed by atoms with Crippen molar-refractivity contribution in [2.24, 2.45) is 23.0 Å². The van der Waals surface area contributed by atoms with Crippen LogP contribution in [0.15, 0.2) is 0 Å². The molecule has 0 aliphatic heterocycles. The van der Waals surface area contributed by atoms with Gasteiger partial charge in [0, 0.05) is 6.04 Å². The van der Waals surface area contributed by atoms with Crippen LogP contribution in [0.3, 0.4) is 0 Å². The largest absolute Gasteiger partial charge is 0.327 e. The van der Waals surface area contributed by atoms with E-state index < -0.39 is 0 Å². The lowest BCUT2D eigenvalue weighted by molar-refractivity contribution is 0.150. The number of rotatable bonds is 3. The molecule has 84 valence electrons. The second-order valence-corrected chi connectivity index (χ2v) is 5.90. The molecule has 1 rings (SSSR count). The van der Waals surface area contributed by atoms with Crippen molar-refractivity contribution in [2.75, 3.05) is 0 Å². The first-order chi connectivity index (χ1) is 6.47. The van der Waals surface area contributed by atoms with Gasteiger partial charge in [-0.15, -0.1) is 0 Å². The predicted molar refractivity (Wildman–Crippen MR) is 63.2 cm³/mol. The highest BCUT2D eigenvalue weighted by molar-refractivity contribution is 4.88. The van der Waals surface area contributed by atoms with Crippen LogP contribution in [0, 0.1) is 17.3 Å². The lowest BCUT2D eigenvalue weighted by Gasteiger charge is -2.39. The molecule has 2 N–H and O–H groups in total. The van der Waals surface area contributed by atoms with Gasteiger partial charge in [-0.3, -0.25) is 0 Å². The first-order valence-electron chi connectivity index (χ1n) is 6.23. The molecule has 0 radical (unpaired) electrons. The van der Waals surface area contributed by atoms with E-state index in [1.165, 1.54) is 32.1 Å². The van der Waals surface area contributed by atoms with Gasteiger partial charge in [0.1, 0.15) is 0 Å². The lowest BCUT2D eigenvalue weighted by Crippen LogP contribution is -2.44. The fourth-order valence-electron chi connectivity index (χ4n) is 2.68. The molecule has 1 fully saturated rings. The number of nitrogens with two attached hydrogens (primary N) is 1. The summed E-state index contributed by atoms with van der Waals surface area (Å²) in [6.45, 7) is 9.26. The Kier molecular flexibility index (Phi) is 4.00. The highest BCUT2D eigenvalue weighted by Gasteiger charge is 2.33. The Morgan fingerprint density at radius 3 is 2.50 bits per heavy atom. The minimum Gasteiger partial charge on any atom is -0.327 e. The smallest absolute Gasteiger partial charge is 0.0119 e. The molecule has 0 aromatic carbocycles. The second kappa shape index (κ2) is 4.65. The minimum atomic E-state index is 0.321. The lowest BCUT2D eigenvalue weighted by atomic mass is 9.69. The summed E-state index contributed by atoms with van der Waals surface area (Å²) in [6.07, 6.45) is 6.70. The van der Waals surface area contributed by atoms with Crippen LogP contribution in [0.25, 0.3) is 0 Å². The van der Waals surface area contributed by atoms with E-state index in [0.29, 0.717) is 11.5 Å². The van der Waals surface area contributed by atoms with Crippen LogP contribution in [0.2, 0.25) is 0 Å². The van der Waals surface area contributed by atoms with E-state index in [-0.39, 0.29) is 0 Å². The average Bonchev–Trinajstić information content (AvgIpc) is 2.16. The SMILES string of the molecule is CCC(C)(C)C(N)C1CCCC(C)C1. The zero-order valence-electron chi connectivity index (χ0n) is 10.3. The quantitative estimate of drug-likeness (QED) is 0.735. The van der Waals surface area contributed by atoms with Gasteiger partial charge in [0.05, 0.1) is 0 Å². The molecule has 0 bridgehead atoms. The molecule has 0 aromatic heterocycles. The van der Waals surface area contributed by atoms with Gasteiger partial charge in [-0.2, -0.15) is 0 Å². The molecule has 0 amide bonds. The summed E-state index contributed by atoms with van der Waals surface area (Å²) in [4.78, 5) is 0. The molecule has 0 saturated heterocycles. The molecule has 0 spiro atoms. The molecule has 1 aliphatic rings. The summed E-state index contributed by atoms with van der Waals surface area (Å²) >= 11 is 0. The maximum Gasteiger partial charge on any atom is 0.0119 e.